The summed E-state index contributed by atoms with van der Waals surface area (Å²) < 4.78 is 0. The molecule has 1 aromatic rings. The van der Waals surface area contributed by atoms with Gasteiger partial charge < -0.3 is 10.2 Å². The number of benzene rings is 1. The molecule has 1 aromatic carbocycles. The Morgan fingerprint density at radius 1 is 1.35 bits per heavy atom. The van der Waals surface area contributed by atoms with Crippen LogP contribution in [0.4, 0.5) is 5.69 Å². The number of nitrogens with zero attached hydrogens (tertiary/aromatic N) is 3. The molecule has 3 amide bonds. The molecule has 0 bridgehead atoms. The van der Waals surface area contributed by atoms with Gasteiger partial charge in [0.1, 0.15) is 0 Å². The molecule has 0 unspecified atom stereocenters. The van der Waals surface area contributed by atoms with E-state index in [4.69, 9.17) is 11.6 Å². The lowest BCUT2D eigenvalue weighted by atomic mass is 10.1. The van der Waals surface area contributed by atoms with Crippen molar-refractivity contribution in [2.24, 2.45) is 5.10 Å². The summed E-state index contributed by atoms with van der Waals surface area (Å²) in [5.74, 6) is -0.974. The first-order chi connectivity index (χ1) is 12.3. The number of carbonyl (C=O) groups excluding carboxylic acids is 3. The number of unbranched alkanes of at least 4 members (excludes halogenated alkanes) is 1. The van der Waals surface area contributed by atoms with E-state index in [9.17, 15) is 14.4 Å². The van der Waals surface area contributed by atoms with E-state index in [2.05, 4.69) is 10.4 Å². The number of halogens is 1. The molecule has 138 valence electrons. The molecular weight excluding hydrogens is 376 g/mol. The summed E-state index contributed by atoms with van der Waals surface area (Å²) in [5, 5.41) is 8.60. The molecule has 2 aliphatic heterocycles. The predicted octanol–water partition coefficient (Wildman–Crippen LogP) is 2.64. The number of carbonyl (C=O) groups is 3. The standard InChI is InChI=1S/C17H19ClN4O3S/c1-4-5-8-21-14-7-6-12(18)9-13(14)17(15(21)25)22(11(3)24)20-16(26-17)19-10(2)23/h6-7,9H,4-5,8H2,1-3H3,(H,19,20,23)/t17-/m1/s1. The smallest absolute Gasteiger partial charge is 0.270 e. The van der Waals surface area contributed by atoms with Crippen molar-refractivity contribution >= 4 is 51.9 Å². The maximum Gasteiger partial charge on any atom is 0.270 e. The zero-order chi connectivity index (χ0) is 19.1. The number of nitrogens with one attached hydrogen (secondary N) is 1. The molecule has 2 aliphatic rings. The second kappa shape index (κ2) is 6.92. The normalized spacial score (nSPS) is 21.2. The van der Waals surface area contributed by atoms with Gasteiger partial charge in [-0.25, -0.2) is 0 Å². The van der Waals surface area contributed by atoms with Gasteiger partial charge in [-0.05, 0) is 36.4 Å². The van der Waals surface area contributed by atoms with E-state index in [-0.39, 0.29) is 17.0 Å². The molecule has 0 radical (unpaired) electrons. The minimum Gasteiger partial charge on any atom is -0.309 e. The summed E-state index contributed by atoms with van der Waals surface area (Å²) >= 11 is 7.24. The van der Waals surface area contributed by atoms with Gasteiger partial charge in [0, 0.05) is 31.0 Å². The Morgan fingerprint density at radius 2 is 2.08 bits per heavy atom. The lowest BCUT2D eigenvalue weighted by Crippen LogP contribution is -2.48. The highest BCUT2D eigenvalue weighted by Crippen LogP contribution is 2.54. The fourth-order valence-electron chi connectivity index (χ4n) is 3.12. The SMILES string of the molecule is CCCCN1C(=O)[C@]2(SC(NC(C)=O)=NN2C(C)=O)c2cc(Cl)ccc21. The van der Waals surface area contributed by atoms with Gasteiger partial charge in [-0.3, -0.25) is 14.4 Å². The Balaban J connectivity index is 2.13. The van der Waals surface area contributed by atoms with Crippen LogP contribution < -0.4 is 10.2 Å². The molecule has 9 heteroatoms. The fourth-order valence-corrected chi connectivity index (χ4v) is 4.62. The van der Waals surface area contributed by atoms with E-state index in [0.29, 0.717) is 22.8 Å². The zero-order valence-electron chi connectivity index (χ0n) is 14.7. The number of amidine groups is 1. The molecule has 1 atom stereocenters. The molecule has 26 heavy (non-hydrogen) atoms. The summed E-state index contributed by atoms with van der Waals surface area (Å²) in [6.07, 6.45) is 1.75. The molecule has 0 aromatic heterocycles. The number of amides is 3. The minimum absolute atomic E-state index is 0.212. The van der Waals surface area contributed by atoms with E-state index in [1.807, 2.05) is 6.92 Å². The molecule has 2 heterocycles. The minimum atomic E-state index is -1.38. The highest BCUT2D eigenvalue weighted by molar-refractivity contribution is 8.15. The maximum atomic E-state index is 13.4. The summed E-state index contributed by atoms with van der Waals surface area (Å²) in [5.41, 5.74) is 1.32. The van der Waals surface area contributed by atoms with Gasteiger partial charge in [0.15, 0.2) is 5.17 Å². The van der Waals surface area contributed by atoms with Gasteiger partial charge >= 0.3 is 0 Å². The largest absolute Gasteiger partial charge is 0.309 e. The van der Waals surface area contributed by atoms with Crippen LogP contribution in [0.5, 0.6) is 0 Å². The number of anilines is 1. The van der Waals surface area contributed by atoms with E-state index in [1.165, 1.54) is 13.8 Å². The molecule has 0 aliphatic carbocycles. The molecule has 1 spiro atoms. The van der Waals surface area contributed by atoms with Gasteiger partial charge in [0.2, 0.25) is 16.7 Å². The Kier molecular flexibility index (Phi) is 4.98. The topological polar surface area (TPSA) is 82.1 Å². The average molecular weight is 395 g/mol. The van der Waals surface area contributed by atoms with Crippen LogP contribution in [0.2, 0.25) is 5.02 Å². The van der Waals surface area contributed by atoms with Crippen LogP contribution in [0.25, 0.3) is 0 Å². The van der Waals surface area contributed by atoms with Crippen molar-refractivity contribution in [3.05, 3.63) is 28.8 Å². The number of thioether (sulfide) groups is 1. The van der Waals surface area contributed by atoms with Crippen LogP contribution in [0.1, 0.15) is 39.2 Å². The van der Waals surface area contributed by atoms with Crippen molar-refractivity contribution < 1.29 is 14.4 Å². The van der Waals surface area contributed by atoms with Gasteiger partial charge in [-0.15, -0.1) is 5.10 Å². The van der Waals surface area contributed by atoms with Crippen LogP contribution in [-0.2, 0) is 19.3 Å². The lowest BCUT2D eigenvalue weighted by molar-refractivity contribution is -0.139. The van der Waals surface area contributed by atoms with Crippen molar-refractivity contribution in [2.45, 2.75) is 38.5 Å². The monoisotopic (exact) mass is 394 g/mol. The van der Waals surface area contributed by atoms with Crippen LogP contribution in [0, 0.1) is 0 Å². The van der Waals surface area contributed by atoms with Gasteiger partial charge in [-0.1, -0.05) is 24.9 Å². The first kappa shape index (κ1) is 18.7. The second-order valence-electron chi connectivity index (χ2n) is 6.14. The van der Waals surface area contributed by atoms with Crippen molar-refractivity contribution in [2.75, 3.05) is 11.4 Å². The highest BCUT2D eigenvalue weighted by Gasteiger charge is 2.61. The Bertz CT molecular complexity index is 828. The molecule has 0 saturated carbocycles. The number of hydrogen-bond donors (Lipinski definition) is 1. The number of hydrogen-bond acceptors (Lipinski definition) is 5. The van der Waals surface area contributed by atoms with Crippen LogP contribution in [0.3, 0.4) is 0 Å². The molecule has 1 N–H and O–H groups in total. The predicted molar refractivity (Wildman–Crippen MR) is 102 cm³/mol. The summed E-state index contributed by atoms with van der Waals surface area (Å²) in [4.78, 5) is 37.5. The molecule has 3 rings (SSSR count). The zero-order valence-corrected chi connectivity index (χ0v) is 16.3. The van der Waals surface area contributed by atoms with E-state index in [0.717, 1.165) is 29.6 Å². The quantitative estimate of drug-likeness (QED) is 0.854. The van der Waals surface area contributed by atoms with Crippen LogP contribution in [-0.4, -0.2) is 34.4 Å². The van der Waals surface area contributed by atoms with Gasteiger partial charge in [-0.2, -0.15) is 5.01 Å². The molecule has 7 nitrogen and oxygen atoms in total. The molecule has 0 saturated heterocycles. The third-order valence-electron chi connectivity index (χ3n) is 4.20. The van der Waals surface area contributed by atoms with Crippen molar-refractivity contribution in [3.8, 4) is 0 Å². The molecular formula is C17H19ClN4O3S. The van der Waals surface area contributed by atoms with E-state index in [1.54, 1.807) is 23.1 Å². The highest BCUT2D eigenvalue weighted by atomic mass is 35.5. The van der Waals surface area contributed by atoms with Crippen LogP contribution >= 0.6 is 23.4 Å². The summed E-state index contributed by atoms with van der Waals surface area (Å²) in [6, 6.07) is 5.20. The van der Waals surface area contributed by atoms with E-state index >= 15 is 0 Å². The Morgan fingerprint density at radius 3 is 2.69 bits per heavy atom. The average Bonchev–Trinajstić information content (AvgIpc) is 3.04. The van der Waals surface area contributed by atoms with Gasteiger partial charge in [0.25, 0.3) is 5.91 Å². The Hall–Kier alpha value is -2.06. The lowest BCUT2D eigenvalue weighted by Gasteiger charge is -2.29. The second-order valence-corrected chi connectivity index (χ2v) is 7.75. The Labute approximate surface area is 160 Å². The van der Waals surface area contributed by atoms with Crippen molar-refractivity contribution in [1.29, 1.82) is 0 Å². The summed E-state index contributed by atoms with van der Waals surface area (Å²) in [6.45, 7) is 5.27. The van der Waals surface area contributed by atoms with Crippen LogP contribution in [0.15, 0.2) is 23.3 Å². The van der Waals surface area contributed by atoms with Crippen molar-refractivity contribution in [3.63, 3.8) is 0 Å². The third kappa shape index (κ3) is 2.87. The first-order valence-electron chi connectivity index (χ1n) is 8.29. The van der Waals surface area contributed by atoms with Gasteiger partial charge in [0.05, 0.1) is 5.69 Å². The molecule has 0 fully saturated rings. The summed E-state index contributed by atoms with van der Waals surface area (Å²) in [7, 11) is 0. The maximum absolute atomic E-state index is 13.4. The number of rotatable bonds is 3. The van der Waals surface area contributed by atoms with E-state index < -0.39 is 10.8 Å². The third-order valence-corrected chi connectivity index (χ3v) is 5.67. The number of hydrazone groups is 1. The fraction of sp³-hybridized carbons (Fsp3) is 0.412. The first-order valence-corrected chi connectivity index (χ1v) is 9.48. The number of fused-ring (bicyclic) bond motifs is 2. The van der Waals surface area contributed by atoms with Crippen molar-refractivity contribution in [1.82, 2.24) is 10.3 Å².